The van der Waals surface area contributed by atoms with Gasteiger partial charge >= 0.3 is 6.09 Å². The molecule has 0 aromatic rings. The number of nitrogens with one attached hydrogen (secondary N) is 1. The summed E-state index contributed by atoms with van der Waals surface area (Å²) in [5.41, 5.74) is 7.96. The zero-order chi connectivity index (χ0) is 12.9. The van der Waals surface area contributed by atoms with E-state index in [1.54, 1.807) is 0 Å². The number of amides is 1. The fourth-order valence-corrected chi connectivity index (χ4v) is 1.94. The van der Waals surface area contributed by atoms with Crippen LogP contribution in [0.5, 0.6) is 0 Å². The van der Waals surface area contributed by atoms with Gasteiger partial charge in [0.15, 0.2) is 0 Å². The summed E-state index contributed by atoms with van der Waals surface area (Å²) < 4.78 is 5.18. The van der Waals surface area contributed by atoms with Crippen molar-refractivity contribution in [3.63, 3.8) is 0 Å². The van der Waals surface area contributed by atoms with Crippen molar-refractivity contribution in [3.05, 3.63) is 10.4 Å². The molecule has 0 bridgehead atoms. The highest BCUT2D eigenvalue weighted by atomic mass is 16.6. The number of nitrogens with zero attached hydrogens (tertiary/aromatic N) is 3. The SMILES string of the molecule is CC(C)(C)OC(=O)NC1CCCCC1N=[N+]=[N-]. The van der Waals surface area contributed by atoms with E-state index < -0.39 is 11.7 Å². The quantitative estimate of drug-likeness (QED) is 0.456. The Morgan fingerprint density at radius 3 is 2.65 bits per heavy atom. The van der Waals surface area contributed by atoms with Gasteiger partial charge in [0.25, 0.3) is 0 Å². The number of hydrogen-bond donors (Lipinski definition) is 1. The number of ether oxygens (including phenoxy) is 1. The van der Waals surface area contributed by atoms with Crippen molar-refractivity contribution in [3.8, 4) is 0 Å². The minimum absolute atomic E-state index is 0.102. The van der Waals surface area contributed by atoms with Crippen LogP contribution in [0.25, 0.3) is 10.4 Å². The Morgan fingerprint density at radius 1 is 1.41 bits per heavy atom. The van der Waals surface area contributed by atoms with Crippen LogP contribution in [0, 0.1) is 0 Å². The summed E-state index contributed by atoms with van der Waals surface area (Å²) in [6.45, 7) is 5.45. The summed E-state index contributed by atoms with van der Waals surface area (Å²) in [5, 5.41) is 6.51. The lowest BCUT2D eigenvalue weighted by molar-refractivity contribution is 0.0486. The molecule has 1 saturated carbocycles. The van der Waals surface area contributed by atoms with Crippen LogP contribution >= 0.6 is 0 Å². The molecule has 0 radical (unpaired) electrons. The Balaban J connectivity index is 2.53. The average Bonchev–Trinajstić information content (AvgIpc) is 2.18. The molecule has 6 heteroatoms. The monoisotopic (exact) mass is 240 g/mol. The van der Waals surface area contributed by atoms with E-state index in [0.717, 1.165) is 25.7 Å². The third-order valence-electron chi connectivity index (χ3n) is 2.63. The van der Waals surface area contributed by atoms with E-state index in [-0.39, 0.29) is 12.1 Å². The summed E-state index contributed by atoms with van der Waals surface area (Å²) in [7, 11) is 0. The summed E-state index contributed by atoms with van der Waals surface area (Å²) in [6.07, 6.45) is 3.30. The van der Waals surface area contributed by atoms with Gasteiger partial charge in [0.2, 0.25) is 0 Å². The molecule has 2 atom stereocenters. The highest BCUT2D eigenvalue weighted by molar-refractivity contribution is 5.68. The zero-order valence-corrected chi connectivity index (χ0v) is 10.6. The molecular formula is C11H20N4O2. The molecule has 0 spiro atoms. The van der Waals surface area contributed by atoms with Gasteiger partial charge in [0, 0.05) is 11.0 Å². The minimum Gasteiger partial charge on any atom is -0.444 e. The molecule has 6 nitrogen and oxygen atoms in total. The van der Waals surface area contributed by atoms with Gasteiger partial charge in [-0.15, -0.1) is 0 Å². The van der Waals surface area contributed by atoms with Crippen molar-refractivity contribution in [2.24, 2.45) is 5.11 Å². The van der Waals surface area contributed by atoms with Crippen molar-refractivity contribution in [2.75, 3.05) is 0 Å². The molecule has 0 aromatic carbocycles. The number of carbonyl (C=O) groups excluding carboxylic acids is 1. The van der Waals surface area contributed by atoms with Crippen molar-refractivity contribution in [1.29, 1.82) is 0 Å². The van der Waals surface area contributed by atoms with Gasteiger partial charge in [-0.3, -0.25) is 0 Å². The average molecular weight is 240 g/mol. The standard InChI is InChI=1S/C11H20N4O2/c1-11(2,3)17-10(16)13-8-6-4-5-7-9(8)14-15-12/h8-9H,4-7H2,1-3H3,(H,13,16). The molecule has 96 valence electrons. The van der Waals surface area contributed by atoms with E-state index in [2.05, 4.69) is 15.3 Å². The molecular weight excluding hydrogens is 220 g/mol. The Labute approximate surface area is 101 Å². The van der Waals surface area contributed by atoms with E-state index in [1.165, 1.54) is 0 Å². The summed E-state index contributed by atoms with van der Waals surface area (Å²) in [4.78, 5) is 14.4. The smallest absolute Gasteiger partial charge is 0.407 e. The number of rotatable bonds is 2. The van der Waals surface area contributed by atoms with Gasteiger partial charge in [-0.2, -0.15) is 0 Å². The number of carbonyl (C=O) groups is 1. The zero-order valence-electron chi connectivity index (χ0n) is 10.6. The van der Waals surface area contributed by atoms with Gasteiger partial charge in [-0.25, -0.2) is 4.79 Å². The number of hydrogen-bond acceptors (Lipinski definition) is 3. The molecule has 1 fully saturated rings. The molecule has 0 aliphatic heterocycles. The van der Waals surface area contributed by atoms with Crippen LogP contribution in [-0.2, 0) is 4.74 Å². The maximum absolute atomic E-state index is 11.6. The van der Waals surface area contributed by atoms with Crippen LogP contribution in [0.15, 0.2) is 5.11 Å². The Kier molecular flexibility index (Phi) is 4.63. The van der Waals surface area contributed by atoms with Crippen LogP contribution in [0.4, 0.5) is 4.79 Å². The molecule has 1 N–H and O–H groups in total. The molecule has 1 amide bonds. The molecule has 17 heavy (non-hydrogen) atoms. The minimum atomic E-state index is -0.507. The molecule has 1 rings (SSSR count). The maximum Gasteiger partial charge on any atom is 0.407 e. The Morgan fingerprint density at radius 2 is 2.06 bits per heavy atom. The molecule has 0 heterocycles. The first kappa shape index (κ1) is 13.6. The van der Waals surface area contributed by atoms with Gasteiger partial charge in [0.1, 0.15) is 5.60 Å². The van der Waals surface area contributed by atoms with Crippen LogP contribution in [0.2, 0.25) is 0 Å². The molecule has 2 unspecified atom stereocenters. The third-order valence-corrected chi connectivity index (χ3v) is 2.63. The first-order valence-corrected chi connectivity index (χ1v) is 5.96. The fraction of sp³-hybridized carbons (Fsp3) is 0.909. The molecule has 0 aromatic heterocycles. The Bertz CT molecular complexity index is 318. The van der Waals surface area contributed by atoms with Crippen molar-refractivity contribution in [1.82, 2.24) is 5.32 Å². The maximum atomic E-state index is 11.6. The summed E-state index contributed by atoms with van der Waals surface area (Å²) in [6, 6.07) is -0.254. The first-order chi connectivity index (χ1) is 7.92. The normalized spacial score (nSPS) is 24.6. The largest absolute Gasteiger partial charge is 0.444 e. The lowest BCUT2D eigenvalue weighted by Gasteiger charge is -2.30. The number of alkyl carbamates (subject to hydrolysis) is 1. The highest BCUT2D eigenvalue weighted by Crippen LogP contribution is 2.22. The molecule has 1 aliphatic rings. The van der Waals surface area contributed by atoms with Crippen LogP contribution in [-0.4, -0.2) is 23.8 Å². The van der Waals surface area contributed by atoms with Gasteiger partial charge in [-0.1, -0.05) is 18.0 Å². The third kappa shape index (κ3) is 4.95. The van der Waals surface area contributed by atoms with E-state index in [0.29, 0.717) is 0 Å². The van der Waals surface area contributed by atoms with Crippen LogP contribution in [0.1, 0.15) is 46.5 Å². The summed E-state index contributed by atoms with van der Waals surface area (Å²) >= 11 is 0. The highest BCUT2D eigenvalue weighted by Gasteiger charge is 2.27. The number of azide groups is 1. The van der Waals surface area contributed by atoms with Gasteiger partial charge < -0.3 is 10.1 Å². The predicted octanol–water partition coefficient (Wildman–Crippen LogP) is 3.13. The van der Waals surface area contributed by atoms with Crippen molar-refractivity contribution >= 4 is 6.09 Å². The molecule has 0 saturated heterocycles. The van der Waals surface area contributed by atoms with Crippen molar-refractivity contribution < 1.29 is 9.53 Å². The van der Waals surface area contributed by atoms with Gasteiger partial charge in [0.05, 0.1) is 6.04 Å². The lowest BCUT2D eigenvalue weighted by atomic mass is 9.91. The van der Waals surface area contributed by atoms with E-state index in [9.17, 15) is 4.79 Å². The second-order valence-corrected chi connectivity index (χ2v) is 5.31. The lowest BCUT2D eigenvalue weighted by Crippen LogP contribution is -2.46. The van der Waals surface area contributed by atoms with Crippen LogP contribution < -0.4 is 5.32 Å². The van der Waals surface area contributed by atoms with E-state index in [1.807, 2.05) is 20.8 Å². The van der Waals surface area contributed by atoms with E-state index in [4.69, 9.17) is 10.3 Å². The predicted molar refractivity (Wildman–Crippen MR) is 64.6 cm³/mol. The summed E-state index contributed by atoms with van der Waals surface area (Å²) in [5.74, 6) is 0. The van der Waals surface area contributed by atoms with Crippen molar-refractivity contribution in [2.45, 2.75) is 64.1 Å². The Hall–Kier alpha value is -1.42. The van der Waals surface area contributed by atoms with E-state index >= 15 is 0 Å². The fourth-order valence-electron chi connectivity index (χ4n) is 1.94. The van der Waals surface area contributed by atoms with Crippen LogP contribution in [0.3, 0.4) is 0 Å². The second kappa shape index (κ2) is 5.77. The molecule has 1 aliphatic carbocycles. The second-order valence-electron chi connectivity index (χ2n) is 5.31. The topological polar surface area (TPSA) is 87.1 Å². The first-order valence-electron chi connectivity index (χ1n) is 5.96. The van der Waals surface area contributed by atoms with Gasteiger partial charge in [-0.05, 0) is 39.1 Å².